The zero-order chi connectivity index (χ0) is 15.4. The Hall–Kier alpha value is -1.70. The molecule has 21 heavy (non-hydrogen) atoms. The van der Waals surface area contributed by atoms with Crippen LogP contribution < -0.4 is 5.32 Å². The van der Waals surface area contributed by atoms with Gasteiger partial charge in [-0.2, -0.15) is 5.10 Å². The molecule has 2 unspecified atom stereocenters. The first-order valence-electron chi connectivity index (χ1n) is 6.92. The third kappa shape index (κ3) is 3.69. The molecule has 1 saturated heterocycles. The third-order valence-corrected chi connectivity index (χ3v) is 4.79. The lowest BCUT2D eigenvalue weighted by atomic mass is 10.3. The molecule has 1 fully saturated rings. The fourth-order valence-corrected chi connectivity index (χ4v) is 3.65. The van der Waals surface area contributed by atoms with Gasteiger partial charge in [0.1, 0.15) is 6.04 Å². The molecule has 116 valence electrons. The molecule has 0 radical (unpaired) electrons. The number of aliphatic carboxylic acids is 1. The van der Waals surface area contributed by atoms with Gasteiger partial charge in [0, 0.05) is 18.5 Å². The smallest absolute Gasteiger partial charge is 0.327 e. The summed E-state index contributed by atoms with van der Waals surface area (Å²) in [6, 6.07) is -1.06. The molecular weight excluding hydrogens is 292 g/mol. The van der Waals surface area contributed by atoms with Crippen LogP contribution in [0.15, 0.2) is 12.4 Å². The van der Waals surface area contributed by atoms with Gasteiger partial charge in [-0.15, -0.1) is 11.8 Å². The van der Waals surface area contributed by atoms with Gasteiger partial charge in [-0.3, -0.25) is 9.58 Å². The van der Waals surface area contributed by atoms with Crippen molar-refractivity contribution >= 4 is 23.8 Å². The highest BCUT2D eigenvalue weighted by Crippen LogP contribution is 2.31. The lowest BCUT2D eigenvalue weighted by Crippen LogP contribution is -2.50. The Kier molecular flexibility index (Phi) is 5.11. The van der Waals surface area contributed by atoms with Crippen molar-refractivity contribution in [3.63, 3.8) is 0 Å². The number of aromatic nitrogens is 2. The summed E-state index contributed by atoms with van der Waals surface area (Å²) < 4.78 is 1.75. The number of hydrogen-bond acceptors (Lipinski definition) is 4. The summed E-state index contributed by atoms with van der Waals surface area (Å²) in [6.07, 6.45) is 4.39. The maximum absolute atomic E-state index is 12.2. The van der Waals surface area contributed by atoms with Crippen LogP contribution in [0, 0.1) is 6.92 Å². The Labute approximate surface area is 127 Å². The summed E-state index contributed by atoms with van der Waals surface area (Å²) in [7, 11) is 0. The Balaban J connectivity index is 1.89. The number of amides is 2. The van der Waals surface area contributed by atoms with E-state index < -0.39 is 12.0 Å². The molecule has 2 rings (SSSR count). The second-order valence-electron chi connectivity index (χ2n) is 4.97. The lowest BCUT2D eigenvalue weighted by Gasteiger charge is -2.26. The number of thioether (sulfide) groups is 1. The molecule has 2 N–H and O–H groups in total. The first-order chi connectivity index (χ1) is 10.0. The minimum absolute atomic E-state index is 0.0713. The maximum atomic E-state index is 12.2. The van der Waals surface area contributed by atoms with E-state index in [2.05, 4.69) is 10.4 Å². The molecule has 7 nitrogen and oxygen atoms in total. The van der Waals surface area contributed by atoms with Crippen LogP contribution in [0.2, 0.25) is 0 Å². The zero-order valence-corrected chi connectivity index (χ0v) is 13.0. The van der Waals surface area contributed by atoms with Crippen molar-refractivity contribution in [2.24, 2.45) is 0 Å². The minimum Gasteiger partial charge on any atom is -0.480 e. The lowest BCUT2D eigenvalue weighted by molar-refractivity contribution is -0.141. The van der Waals surface area contributed by atoms with Crippen LogP contribution in [0.1, 0.15) is 18.9 Å². The summed E-state index contributed by atoms with van der Waals surface area (Å²) in [5.41, 5.74) is 1.06. The molecule has 0 spiro atoms. The number of nitrogens with one attached hydrogen (secondary N) is 1. The van der Waals surface area contributed by atoms with E-state index in [0.29, 0.717) is 18.8 Å². The van der Waals surface area contributed by atoms with Crippen LogP contribution in [0.3, 0.4) is 0 Å². The monoisotopic (exact) mass is 312 g/mol. The fraction of sp³-hybridized carbons (Fsp3) is 0.615. The molecule has 2 atom stereocenters. The van der Waals surface area contributed by atoms with Crippen LogP contribution >= 0.6 is 11.8 Å². The van der Waals surface area contributed by atoms with Crippen molar-refractivity contribution < 1.29 is 14.7 Å². The van der Waals surface area contributed by atoms with E-state index in [4.69, 9.17) is 0 Å². The number of carboxylic acids is 1. The molecule has 1 aromatic heterocycles. The fourth-order valence-electron chi connectivity index (χ4n) is 2.30. The largest absolute Gasteiger partial charge is 0.480 e. The maximum Gasteiger partial charge on any atom is 0.327 e. The molecule has 0 saturated carbocycles. The summed E-state index contributed by atoms with van der Waals surface area (Å²) in [5.74, 6) is -0.504. The topological polar surface area (TPSA) is 87.5 Å². The quantitative estimate of drug-likeness (QED) is 0.851. The highest BCUT2D eigenvalue weighted by Gasteiger charge is 2.40. The van der Waals surface area contributed by atoms with Gasteiger partial charge < -0.3 is 10.4 Å². The molecule has 1 aromatic rings. The van der Waals surface area contributed by atoms with Crippen molar-refractivity contribution in [3.05, 3.63) is 18.0 Å². The number of aryl methyl sites for hydroxylation is 1. The Bertz CT molecular complexity index is 519. The molecule has 0 aliphatic carbocycles. The zero-order valence-electron chi connectivity index (χ0n) is 12.2. The van der Waals surface area contributed by atoms with Gasteiger partial charge in [0.25, 0.3) is 0 Å². The van der Waals surface area contributed by atoms with Crippen LogP contribution in [0.5, 0.6) is 0 Å². The van der Waals surface area contributed by atoms with E-state index >= 15 is 0 Å². The van der Waals surface area contributed by atoms with Gasteiger partial charge in [-0.05, 0) is 18.9 Å². The number of hydrogen-bond donors (Lipinski definition) is 2. The van der Waals surface area contributed by atoms with E-state index in [1.54, 1.807) is 10.9 Å². The van der Waals surface area contributed by atoms with E-state index in [-0.39, 0.29) is 11.4 Å². The predicted molar refractivity (Wildman–Crippen MR) is 80.2 cm³/mol. The van der Waals surface area contributed by atoms with Crippen LogP contribution in [0.4, 0.5) is 4.79 Å². The SMILES string of the molecule is CCC1SCC(C(=O)O)N1C(=O)NCCn1cc(C)cn1. The molecule has 2 amide bonds. The van der Waals surface area contributed by atoms with Gasteiger partial charge >= 0.3 is 12.0 Å². The van der Waals surface area contributed by atoms with Crippen molar-refractivity contribution in [2.75, 3.05) is 12.3 Å². The molecule has 1 aliphatic rings. The van der Waals surface area contributed by atoms with E-state index in [9.17, 15) is 14.7 Å². The van der Waals surface area contributed by atoms with Gasteiger partial charge in [0.15, 0.2) is 0 Å². The first kappa shape index (κ1) is 15.7. The Morgan fingerprint density at radius 1 is 1.57 bits per heavy atom. The number of urea groups is 1. The van der Waals surface area contributed by atoms with Gasteiger partial charge in [0.05, 0.1) is 18.1 Å². The van der Waals surface area contributed by atoms with Crippen molar-refractivity contribution in [1.29, 1.82) is 0 Å². The molecule has 8 heteroatoms. The highest BCUT2D eigenvalue weighted by molar-refractivity contribution is 8.00. The minimum atomic E-state index is -0.948. The van der Waals surface area contributed by atoms with E-state index in [1.165, 1.54) is 16.7 Å². The van der Waals surface area contributed by atoms with Gasteiger partial charge in [0.2, 0.25) is 0 Å². The molecule has 0 aromatic carbocycles. The summed E-state index contributed by atoms with van der Waals surface area (Å²) in [5, 5.41) is 16.1. The summed E-state index contributed by atoms with van der Waals surface area (Å²) in [6.45, 7) is 4.89. The van der Waals surface area contributed by atoms with Crippen molar-refractivity contribution in [2.45, 2.75) is 38.2 Å². The third-order valence-electron chi connectivity index (χ3n) is 3.34. The van der Waals surface area contributed by atoms with E-state index in [1.807, 2.05) is 20.0 Å². The second-order valence-corrected chi connectivity index (χ2v) is 6.18. The summed E-state index contributed by atoms with van der Waals surface area (Å²) in [4.78, 5) is 24.9. The average Bonchev–Trinajstić information content (AvgIpc) is 3.04. The predicted octanol–water partition coefficient (Wildman–Crippen LogP) is 1.14. The van der Waals surface area contributed by atoms with Crippen molar-refractivity contribution in [3.8, 4) is 0 Å². The molecule has 1 aliphatic heterocycles. The standard InChI is InChI=1S/C13H20N4O3S/c1-3-11-17(10(8-21-11)12(18)19)13(20)14-4-5-16-7-9(2)6-15-16/h6-7,10-11H,3-5,8H2,1-2H3,(H,14,20)(H,18,19). The average molecular weight is 312 g/mol. The number of carbonyl (C=O) groups is 2. The number of nitrogens with zero attached hydrogens (tertiary/aromatic N) is 3. The Morgan fingerprint density at radius 3 is 2.90 bits per heavy atom. The Morgan fingerprint density at radius 2 is 2.33 bits per heavy atom. The van der Waals surface area contributed by atoms with Gasteiger partial charge in [-0.1, -0.05) is 6.92 Å². The number of carboxylic acid groups (broad SMARTS) is 1. The van der Waals surface area contributed by atoms with Crippen LogP contribution in [-0.4, -0.2) is 55.5 Å². The molecule has 2 heterocycles. The number of carbonyl (C=O) groups excluding carboxylic acids is 1. The second kappa shape index (κ2) is 6.84. The van der Waals surface area contributed by atoms with Gasteiger partial charge in [-0.25, -0.2) is 9.59 Å². The number of rotatable bonds is 5. The van der Waals surface area contributed by atoms with Crippen LogP contribution in [-0.2, 0) is 11.3 Å². The molecule has 0 bridgehead atoms. The van der Waals surface area contributed by atoms with Crippen molar-refractivity contribution in [1.82, 2.24) is 20.0 Å². The normalized spacial score (nSPS) is 21.5. The van der Waals surface area contributed by atoms with E-state index in [0.717, 1.165) is 12.0 Å². The first-order valence-corrected chi connectivity index (χ1v) is 7.97. The molecular formula is C13H20N4O3S. The highest BCUT2D eigenvalue weighted by atomic mass is 32.2. The summed E-state index contributed by atoms with van der Waals surface area (Å²) >= 11 is 1.52. The van der Waals surface area contributed by atoms with Crippen LogP contribution in [0.25, 0.3) is 0 Å².